The van der Waals surface area contributed by atoms with Crippen molar-refractivity contribution in [2.75, 3.05) is 7.11 Å². The molecule has 2 aromatic heterocycles. The third-order valence-electron chi connectivity index (χ3n) is 4.08. The summed E-state index contributed by atoms with van der Waals surface area (Å²) in [7, 11) is 1.32. The highest BCUT2D eigenvalue weighted by molar-refractivity contribution is 9.10. The average molecular weight is 403 g/mol. The second kappa shape index (κ2) is 6.44. The molecule has 0 saturated heterocycles. The number of halogens is 1. The van der Waals surface area contributed by atoms with E-state index in [9.17, 15) is 4.79 Å². The Balaban J connectivity index is 1.58. The second-order valence-corrected chi connectivity index (χ2v) is 6.73. The summed E-state index contributed by atoms with van der Waals surface area (Å²) in [6.07, 6.45) is 4.00. The van der Waals surface area contributed by atoms with Crippen molar-refractivity contribution in [2.45, 2.75) is 19.4 Å². The molecule has 0 spiro atoms. The van der Waals surface area contributed by atoms with E-state index in [0.29, 0.717) is 11.5 Å². The first-order valence-electron chi connectivity index (χ1n) is 7.89. The van der Waals surface area contributed by atoms with Gasteiger partial charge in [0.05, 0.1) is 23.3 Å². The van der Waals surface area contributed by atoms with Crippen LogP contribution in [-0.4, -0.2) is 33.1 Å². The summed E-state index contributed by atoms with van der Waals surface area (Å²) in [6, 6.07) is 7.04. The van der Waals surface area contributed by atoms with E-state index in [-0.39, 0.29) is 5.69 Å². The van der Waals surface area contributed by atoms with Crippen LogP contribution < -0.4 is 4.74 Å². The fourth-order valence-corrected chi connectivity index (χ4v) is 3.03. The summed E-state index contributed by atoms with van der Waals surface area (Å²) in [5.41, 5.74) is 1.97. The van der Waals surface area contributed by atoms with Gasteiger partial charge < -0.3 is 9.47 Å². The zero-order valence-electron chi connectivity index (χ0n) is 13.5. The Morgan fingerprint density at radius 1 is 1.32 bits per heavy atom. The van der Waals surface area contributed by atoms with Gasteiger partial charge in [0.1, 0.15) is 22.7 Å². The van der Waals surface area contributed by atoms with Gasteiger partial charge in [0.25, 0.3) is 0 Å². The molecule has 1 aromatic carbocycles. The van der Waals surface area contributed by atoms with Crippen molar-refractivity contribution in [1.82, 2.24) is 20.0 Å². The summed E-state index contributed by atoms with van der Waals surface area (Å²) in [5, 5.41) is 8.50. The number of benzene rings is 1. The molecule has 0 aliphatic heterocycles. The zero-order chi connectivity index (χ0) is 17.4. The monoisotopic (exact) mass is 402 g/mol. The van der Waals surface area contributed by atoms with Gasteiger partial charge in [-0.25, -0.2) is 14.5 Å². The Labute approximate surface area is 152 Å². The van der Waals surface area contributed by atoms with Gasteiger partial charge in [-0.05, 0) is 59.0 Å². The molecule has 1 aliphatic carbocycles. The summed E-state index contributed by atoms with van der Waals surface area (Å²) in [4.78, 5) is 15.5. The van der Waals surface area contributed by atoms with Crippen LogP contribution >= 0.6 is 15.9 Å². The van der Waals surface area contributed by atoms with E-state index in [1.54, 1.807) is 12.1 Å². The highest BCUT2D eigenvalue weighted by atomic mass is 79.9. The number of fused-ring (bicyclic) bond motifs is 1. The topological polar surface area (TPSA) is 79.1 Å². The number of nitrogens with zero attached hydrogens (tertiary/aromatic N) is 4. The molecule has 25 heavy (non-hydrogen) atoms. The Morgan fingerprint density at radius 2 is 2.16 bits per heavy atom. The van der Waals surface area contributed by atoms with Gasteiger partial charge in [-0.2, -0.15) is 0 Å². The molecule has 7 nitrogen and oxygen atoms in total. The molecule has 0 unspecified atom stereocenters. The first-order valence-corrected chi connectivity index (χ1v) is 8.69. The van der Waals surface area contributed by atoms with Gasteiger partial charge in [-0.15, -0.1) is 5.10 Å². The molecule has 0 amide bonds. The minimum absolute atomic E-state index is 0.229. The molecule has 1 fully saturated rings. The number of carbonyl (C=O) groups is 1. The molecule has 2 heterocycles. The van der Waals surface area contributed by atoms with E-state index in [0.717, 1.165) is 28.0 Å². The van der Waals surface area contributed by atoms with Crippen molar-refractivity contribution in [2.24, 2.45) is 5.92 Å². The van der Waals surface area contributed by atoms with Crippen molar-refractivity contribution < 1.29 is 14.3 Å². The number of ether oxygens (including phenoxy) is 2. The lowest BCUT2D eigenvalue weighted by Gasteiger charge is -2.08. The fourth-order valence-electron chi connectivity index (χ4n) is 2.54. The van der Waals surface area contributed by atoms with E-state index in [1.807, 2.05) is 16.8 Å². The Morgan fingerprint density at radius 3 is 2.84 bits per heavy atom. The molecule has 1 saturated carbocycles. The second-order valence-electron chi connectivity index (χ2n) is 5.93. The summed E-state index contributed by atoms with van der Waals surface area (Å²) in [6.45, 7) is 0.905. The normalized spacial score (nSPS) is 13.8. The highest BCUT2D eigenvalue weighted by Crippen LogP contribution is 2.36. The van der Waals surface area contributed by atoms with Gasteiger partial charge >= 0.3 is 5.97 Å². The molecule has 3 aromatic rings. The van der Waals surface area contributed by atoms with Crippen molar-refractivity contribution in [3.63, 3.8) is 0 Å². The van der Waals surface area contributed by atoms with Crippen LogP contribution in [0, 0.1) is 5.92 Å². The number of rotatable bonds is 5. The molecule has 0 N–H and O–H groups in total. The number of hydrogen-bond acceptors (Lipinski definition) is 6. The highest BCUT2D eigenvalue weighted by Gasteiger charge is 2.24. The predicted molar refractivity (Wildman–Crippen MR) is 93.6 cm³/mol. The van der Waals surface area contributed by atoms with Crippen LogP contribution in [0.3, 0.4) is 0 Å². The van der Waals surface area contributed by atoms with E-state index < -0.39 is 5.97 Å². The van der Waals surface area contributed by atoms with Gasteiger partial charge in [-0.1, -0.05) is 5.21 Å². The molecular weight excluding hydrogens is 388 g/mol. The smallest absolute Gasteiger partial charge is 0.356 e. The van der Waals surface area contributed by atoms with E-state index in [1.165, 1.54) is 26.1 Å². The zero-order valence-corrected chi connectivity index (χ0v) is 15.1. The van der Waals surface area contributed by atoms with E-state index in [4.69, 9.17) is 4.74 Å². The van der Waals surface area contributed by atoms with Crippen LogP contribution in [0.4, 0.5) is 0 Å². The summed E-state index contributed by atoms with van der Waals surface area (Å²) < 4.78 is 13.2. The molecule has 128 valence electrons. The first-order chi connectivity index (χ1) is 12.2. The number of pyridine rings is 1. The molecule has 0 bridgehead atoms. The van der Waals surface area contributed by atoms with E-state index in [2.05, 4.69) is 36.0 Å². The minimum Gasteiger partial charge on any atom is -0.464 e. The number of esters is 1. The molecule has 8 heteroatoms. The van der Waals surface area contributed by atoms with Crippen LogP contribution in [0.25, 0.3) is 11.0 Å². The number of methoxy groups -OCH3 is 1. The summed E-state index contributed by atoms with van der Waals surface area (Å²) in [5.74, 6) is 1.36. The van der Waals surface area contributed by atoms with Gasteiger partial charge in [0, 0.05) is 6.54 Å². The SMILES string of the molecule is COC(=O)c1ccc(Oc2ccc3c(nnn3CC3CC3)c2Br)cn1. The van der Waals surface area contributed by atoms with Crippen LogP contribution in [0.5, 0.6) is 11.5 Å². The lowest BCUT2D eigenvalue weighted by atomic mass is 10.3. The molecule has 4 rings (SSSR count). The van der Waals surface area contributed by atoms with Crippen molar-refractivity contribution in [3.8, 4) is 11.5 Å². The van der Waals surface area contributed by atoms with Gasteiger partial charge in [0.2, 0.25) is 0 Å². The maximum Gasteiger partial charge on any atom is 0.356 e. The van der Waals surface area contributed by atoms with Crippen molar-refractivity contribution in [3.05, 3.63) is 40.6 Å². The maximum absolute atomic E-state index is 11.4. The predicted octanol–water partition coefficient (Wildman–Crippen LogP) is 3.58. The Hall–Kier alpha value is -2.48. The van der Waals surface area contributed by atoms with Crippen molar-refractivity contribution >= 4 is 32.9 Å². The maximum atomic E-state index is 11.4. The number of aromatic nitrogens is 4. The standard InChI is InChI=1S/C17H15BrN4O3/c1-24-17(23)12-5-4-11(8-19-12)25-14-7-6-13-16(15(14)18)20-21-22(13)9-10-2-3-10/h4-8,10H,2-3,9H2,1H3. The third-order valence-corrected chi connectivity index (χ3v) is 4.84. The third kappa shape index (κ3) is 3.21. The van der Waals surface area contributed by atoms with Gasteiger partial charge in [-0.3, -0.25) is 0 Å². The lowest BCUT2D eigenvalue weighted by molar-refractivity contribution is 0.0594. The molecule has 0 atom stereocenters. The van der Waals surface area contributed by atoms with Crippen LogP contribution in [0.2, 0.25) is 0 Å². The van der Waals surface area contributed by atoms with Gasteiger partial charge in [0.15, 0.2) is 0 Å². The lowest BCUT2D eigenvalue weighted by Crippen LogP contribution is -2.03. The first kappa shape index (κ1) is 16.0. The van der Waals surface area contributed by atoms with Crippen molar-refractivity contribution in [1.29, 1.82) is 0 Å². The van der Waals surface area contributed by atoms with E-state index >= 15 is 0 Å². The Bertz CT molecular complexity index is 935. The quantitative estimate of drug-likeness (QED) is 0.606. The average Bonchev–Trinajstić information content (AvgIpc) is 3.36. The van der Waals surface area contributed by atoms with Crippen LogP contribution in [-0.2, 0) is 11.3 Å². The molecule has 0 radical (unpaired) electrons. The molecular formula is C17H15BrN4O3. The Kier molecular flexibility index (Phi) is 4.12. The minimum atomic E-state index is -0.485. The number of carbonyl (C=O) groups excluding carboxylic acids is 1. The van der Waals surface area contributed by atoms with Crippen LogP contribution in [0.15, 0.2) is 34.9 Å². The largest absolute Gasteiger partial charge is 0.464 e. The fraction of sp³-hybridized carbons (Fsp3) is 0.294. The van der Waals surface area contributed by atoms with Crippen LogP contribution in [0.1, 0.15) is 23.3 Å². The molecule has 1 aliphatic rings. The number of hydrogen-bond donors (Lipinski definition) is 0. The summed E-state index contributed by atoms with van der Waals surface area (Å²) >= 11 is 3.55.